The van der Waals surface area contributed by atoms with Crippen LogP contribution < -0.4 is 0 Å². The smallest absolute Gasteiger partial charge is 0.305 e. The van der Waals surface area contributed by atoms with Crippen molar-refractivity contribution in [3.63, 3.8) is 0 Å². The molecule has 20 heavy (non-hydrogen) atoms. The largest absolute Gasteiger partial charge is 0.466 e. The predicted molar refractivity (Wildman–Crippen MR) is 78.1 cm³/mol. The van der Waals surface area contributed by atoms with Crippen LogP contribution in [0.15, 0.2) is 36.5 Å². The number of nitrogens with zero attached hydrogens (tertiary/aromatic N) is 2. The normalized spacial score (nSPS) is 10.5. The molecule has 0 bridgehead atoms. The molecule has 0 atom stereocenters. The van der Waals surface area contributed by atoms with Gasteiger partial charge in [0.05, 0.1) is 23.0 Å². The maximum Gasteiger partial charge on any atom is 0.305 e. The summed E-state index contributed by atoms with van der Waals surface area (Å²) in [6.07, 6.45) is 3.53. The van der Waals surface area contributed by atoms with Crippen molar-refractivity contribution in [2.45, 2.75) is 26.2 Å². The van der Waals surface area contributed by atoms with Crippen LogP contribution in [0, 0.1) is 0 Å². The minimum absolute atomic E-state index is 0.175. The van der Waals surface area contributed by atoms with Crippen LogP contribution in [0.1, 0.15) is 25.5 Å². The Bertz CT molecular complexity index is 567. The zero-order valence-electron chi connectivity index (χ0n) is 11.4. The summed E-state index contributed by atoms with van der Waals surface area (Å²) in [6.45, 7) is 2.22. The number of aryl methyl sites for hydroxylation is 1. The van der Waals surface area contributed by atoms with Gasteiger partial charge in [-0.05, 0) is 31.9 Å². The van der Waals surface area contributed by atoms with Gasteiger partial charge in [-0.3, -0.25) is 4.79 Å². The minimum atomic E-state index is -0.175. The van der Waals surface area contributed by atoms with Gasteiger partial charge in [0.25, 0.3) is 0 Å². The molecule has 0 saturated carbocycles. The van der Waals surface area contributed by atoms with Gasteiger partial charge in [-0.15, -0.1) is 0 Å². The lowest BCUT2D eigenvalue weighted by atomic mass is 10.2. The van der Waals surface area contributed by atoms with E-state index < -0.39 is 0 Å². The van der Waals surface area contributed by atoms with Gasteiger partial charge < -0.3 is 4.74 Å². The van der Waals surface area contributed by atoms with E-state index in [9.17, 15) is 4.79 Å². The highest BCUT2D eigenvalue weighted by Gasteiger charge is 2.09. The molecule has 2 rings (SSSR count). The molecule has 0 amide bonds. The Morgan fingerprint density at radius 1 is 1.35 bits per heavy atom. The topological polar surface area (TPSA) is 44.1 Å². The zero-order chi connectivity index (χ0) is 14.4. The number of rotatable bonds is 6. The molecule has 106 valence electrons. The number of ether oxygens (including phenoxy) is 1. The molecule has 1 aromatic heterocycles. The van der Waals surface area contributed by atoms with Crippen LogP contribution in [0.25, 0.3) is 5.69 Å². The average Bonchev–Trinajstić information content (AvgIpc) is 2.82. The van der Waals surface area contributed by atoms with Gasteiger partial charge in [0.15, 0.2) is 0 Å². The van der Waals surface area contributed by atoms with Crippen molar-refractivity contribution in [1.82, 2.24) is 9.78 Å². The highest BCUT2D eigenvalue weighted by atomic mass is 35.5. The molecular weight excluding hydrogens is 276 g/mol. The number of benzene rings is 1. The van der Waals surface area contributed by atoms with Crippen LogP contribution >= 0.6 is 11.6 Å². The zero-order valence-corrected chi connectivity index (χ0v) is 12.1. The lowest BCUT2D eigenvalue weighted by molar-refractivity contribution is -0.143. The standard InChI is InChI=1S/C15H17ClN2O2/c1-2-20-15(19)10-6-9-14-13(16)11-18(17-14)12-7-4-3-5-8-12/h3-5,7-8,11H,2,6,9-10H2,1H3. The molecule has 0 aliphatic rings. The Labute approximate surface area is 123 Å². The maximum atomic E-state index is 11.3. The van der Waals surface area contributed by atoms with Crippen molar-refractivity contribution in [2.24, 2.45) is 0 Å². The molecule has 1 aromatic carbocycles. The molecule has 0 radical (unpaired) electrons. The number of carbonyl (C=O) groups excluding carboxylic acids is 1. The first-order chi connectivity index (χ1) is 9.70. The molecule has 0 unspecified atom stereocenters. The molecule has 0 fully saturated rings. The number of carbonyl (C=O) groups is 1. The van der Waals surface area contributed by atoms with Crippen molar-refractivity contribution in [2.75, 3.05) is 6.61 Å². The van der Waals surface area contributed by atoms with Crippen LogP contribution in [0.2, 0.25) is 5.02 Å². The summed E-state index contributed by atoms with van der Waals surface area (Å²) in [7, 11) is 0. The summed E-state index contributed by atoms with van der Waals surface area (Å²) < 4.78 is 6.64. The molecule has 0 saturated heterocycles. The summed E-state index contributed by atoms with van der Waals surface area (Å²) >= 11 is 6.17. The highest BCUT2D eigenvalue weighted by Crippen LogP contribution is 2.19. The van der Waals surface area contributed by atoms with Gasteiger partial charge in [-0.2, -0.15) is 5.10 Å². The second-order valence-corrected chi connectivity index (χ2v) is 4.77. The summed E-state index contributed by atoms with van der Waals surface area (Å²) in [6, 6.07) is 9.78. The van der Waals surface area contributed by atoms with Crippen molar-refractivity contribution in [3.05, 3.63) is 47.2 Å². The monoisotopic (exact) mass is 292 g/mol. The Morgan fingerprint density at radius 3 is 2.80 bits per heavy atom. The summed E-state index contributed by atoms with van der Waals surface area (Å²) in [5, 5.41) is 5.08. The van der Waals surface area contributed by atoms with Crippen molar-refractivity contribution < 1.29 is 9.53 Å². The summed E-state index contributed by atoms with van der Waals surface area (Å²) in [5.74, 6) is -0.175. The Hall–Kier alpha value is -1.81. The Kier molecular flexibility index (Phi) is 5.18. The quantitative estimate of drug-likeness (QED) is 0.766. The van der Waals surface area contributed by atoms with Crippen LogP contribution in [0.4, 0.5) is 0 Å². The van der Waals surface area contributed by atoms with Crippen molar-refractivity contribution in [3.8, 4) is 5.69 Å². The van der Waals surface area contributed by atoms with Gasteiger partial charge in [0, 0.05) is 12.6 Å². The fourth-order valence-corrected chi connectivity index (χ4v) is 2.13. The van der Waals surface area contributed by atoms with Crippen LogP contribution in [0.3, 0.4) is 0 Å². The third-order valence-electron chi connectivity index (χ3n) is 2.86. The van der Waals surface area contributed by atoms with Gasteiger partial charge in [0.1, 0.15) is 0 Å². The molecule has 0 N–H and O–H groups in total. The lowest BCUT2D eigenvalue weighted by Gasteiger charge is -2.01. The van der Waals surface area contributed by atoms with E-state index in [0.717, 1.165) is 11.4 Å². The third-order valence-corrected chi connectivity index (χ3v) is 3.18. The van der Waals surface area contributed by atoms with E-state index in [-0.39, 0.29) is 5.97 Å². The number of hydrogen-bond acceptors (Lipinski definition) is 3. The van der Waals surface area contributed by atoms with E-state index in [2.05, 4.69) is 5.10 Å². The third kappa shape index (κ3) is 3.84. The predicted octanol–water partition coefficient (Wildman–Crippen LogP) is 3.41. The highest BCUT2D eigenvalue weighted by molar-refractivity contribution is 6.31. The van der Waals surface area contributed by atoms with E-state index >= 15 is 0 Å². The molecule has 2 aromatic rings. The van der Waals surface area contributed by atoms with E-state index in [0.29, 0.717) is 30.9 Å². The van der Waals surface area contributed by atoms with E-state index in [1.807, 2.05) is 30.3 Å². The average molecular weight is 293 g/mol. The number of esters is 1. The first-order valence-electron chi connectivity index (χ1n) is 6.65. The van der Waals surface area contributed by atoms with Gasteiger partial charge in [-0.1, -0.05) is 29.8 Å². The van der Waals surface area contributed by atoms with Gasteiger partial charge in [0.2, 0.25) is 0 Å². The number of aromatic nitrogens is 2. The van der Waals surface area contributed by atoms with Gasteiger partial charge >= 0.3 is 5.97 Å². The van der Waals surface area contributed by atoms with Crippen molar-refractivity contribution >= 4 is 17.6 Å². The lowest BCUT2D eigenvalue weighted by Crippen LogP contribution is -2.04. The second kappa shape index (κ2) is 7.10. The van der Waals surface area contributed by atoms with Crippen LogP contribution in [-0.4, -0.2) is 22.4 Å². The van der Waals surface area contributed by atoms with Crippen LogP contribution in [-0.2, 0) is 16.0 Å². The number of halogens is 1. The molecule has 0 aliphatic heterocycles. The molecule has 4 nitrogen and oxygen atoms in total. The molecule has 1 heterocycles. The molecule has 5 heteroatoms. The molecular formula is C15H17ClN2O2. The van der Waals surface area contributed by atoms with E-state index in [1.165, 1.54) is 0 Å². The molecule has 0 aliphatic carbocycles. The first kappa shape index (κ1) is 14.6. The minimum Gasteiger partial charge on any atom is -0.466 e. The van der Waals surface area contributed by atoms with E-state index in [1.54, 1.807) is 17.8 Å². The number of hydrogen-bond donors (Lipinski definition) is 0. The first-order valence-corrected chi connectivity index (χ1v) is 7.03. The second-order valence-electron chi connectivity index (χ2n) is 4.36. The van der Waals surface area contributed by atoms with Crippen LogP contribution in [0.5, 0.6) is 0 Å². The van der Waals surface area contributed by atoms with E-state index in [4.69, 9.17) is 16.3 Å². The fourth-order valence-electron chi connectivity index (χ4n) is 1.90. The molecule has 0 spiro atoms. The van der Waals surface area contributed by atoms with Gasteiger partial charge in [-0.25, -0.2) is 4.68 Å². The maximum absolute atomic E-state index is 11.3. The number of para-hydroxylation sites is 1. The summed E-state index contributed by atoms with van der Waals surface area (Å²) in [4.78, 5) is 11.3. The fraction of sp³-hybridized carbons (Fsp3) is 0.333. The SMILES string of the molecule is CCOC(=O)CCCc1nn(-c2ccccc2)cc1Cl. The summed E-state index contributed by atoms with van der Waals surface area (Å²) in [5.41, 5.74) is 1.77. The Morgan fingerprint density at radius 2 is 2.10 bits per heavy atom. The Balaban J connectivity index is 1.96. The van der Waals surface area contributed by atoms with Crippen molar-refractivity contribution in [1.29, 1.82) is 0 Å².